The lowest BCUT2D eigenvalue weighted by Crippen LogP contribution is -2.45. The molecule has 0 fully saturated rings. The number of rotatable bonds is 8. The number of benzene rings is 2. The van der Waals surface area contributed by atoms with E-state index in [9.17, 15) is 46.8 Å². The molecule has 0 spiro atoms. The summed E-state index contributed by atoms with van der Waals surface area (Å²) in [5.41, 5.74) is -2.75. The molecule has 2 aliphatic carbocycles. The zero-order valence-electron chi connectivity index (χ0n) is 28.1. The van der Waals surface area contributed by atoms with Gasteiger partial charge in [-0.1, -0.05) is 0 Å². The zero-order chi connectivity index (χ0) is 37.0. The van der Waals surface area contributed by atoms with Crippen LogP contribution in [0.3, 0.4) is 0 Å². The lowest BCUT2D eigenvalue weighted by Gasteiger charge is -2.22. The van der Waals surface area contributed by atoms with Crippen molar-refractivity contribution in [1.82, 2.24) is 10.6 Å². The first-order valence-electron chi connectivity index (χ1n) is 15.2. The van der Waals surface area contributed by atoms with Crippen molar-refractivity contribution in [3.8, 4) is 0 Å². The summed E-state index contributed by atoms with van der Waals surface area (Å²) in [6.07, 6.45) is -1.87. The van der Waals surface area contributed by atoms with E-state index in [1.54, 1.807) is 41.5 Å². The Kier molecular flexibility index (Phi) is 9.58. The second kappa shape index (κ2) is 12.8. The minimum Gasteiger partial charge on any atom is -0.444 e. The van der Waals surface area contributed by atoms with Crippen LogP contribution in [0.1, 0.15) is 96.8 Å². The molecule has 0 aromatic heterocycles. The lowest BCUT2D eigenvalue weighted by atomic mass is 9.94. The molecule has 2 unspecified atom stereocenters. The van der Waals surface area contributed by atoms with Crippen LogP contribution >= 0.6 is 0 Å². The predicted molar refractivity (Wildman–Crippen MR) is 170 cm³/mol. The summed E-state index contributed by atoms with van der Waals surface area (Å²) in [7, 11) is -4.48. The molecule has 2 aliphatic rings. The van der Waals surface area contributed by atoms with Gasteiger partial charge in [-0.3, -0.25) is 28.8 Å². The standard InChI is InChI=1S/C34H36N2O12S/c1-15(35-31(43)47-33(3,4)5)25(37)23-27(39)19-11-9-17(13-21(19)29(23)41)49(45,46)18-10-12-20-22(14-18)30(42)24(28(20)40)26(38)16(2)36-32(44)48-34(6,7)8/h9-16,23-24H,1-8H3,(H,35,43)(H,36,44)/t15-,16-,23?,24?/m0/s1. The summed E-state index contributed by atoms with van der Waals surface area (Å²) in [4.78, 5) is 102. The van der Waals surface area contributed by atoms with Gasteiger partial charge in [-0.2, -0.15) is 0 Å². The Hall–Kier alpha value is -5.05. The maximum absolute atomic E-state index is 13.7. The lowest BCUT2D eigenvalue weighted by molar-refractivity contribution is -0.122. The van der Waals surface area contributed by atoms with Crippen LogP contribution in [0.5, 0.6) is 0 Å². The molecule has 0 saturated heterocycles. The van der Waals surface area contributed by atoms with E-state index >= 15 is 0 Å². The van der Waals surface area contributed by atoms with Crippen LogP contribution in [0.2, 0.25) is 0 Å². The molecule has 0 radical (unpaired) electrons. The van der Waals surface area contributed by atoms with Gasteiger partial charge in [0.2, 0.25) is 9.84 Å². The van der Waals surface area contributed by atoms with E-state index in [1.165, 1.54) is 13.8 Å². The van der Waals surface area contributed by atoms with E-state index in [2.05, 4.69) is 10.6 Å². The number of carbonyl (C=O) groups is 8. The molecule has 260 valence electrons. The van der Waals surface area contributed by atoms with Gasteiger partial charge in [0.15, 0.2) is 34.7 Å². The molecule has 4 atom stereocenters. The van der Waals surface area contributed by atoms with Crippen molar-refractivity contribution in [2.24, 2.45) is 11.8 Å². The average molecular weight is 697 g/mol. The van der Waals surface area contributed by atoms with E-state index in [1.807, 2.05) is 0 Å². The van der Waals surface area contributed by atoms with Crippen LogP contribution < -0.4 is 10.6 Å². The largest absolute Gasteiger partial charge is 0.444 e. The maximum atomic E-state index is 13.7. The fourth-order valence-corrected chi connectivity index (χ4v) is 6.66. The Morgan fingerprint density at radius 1 is 0.592 bits per heavy atom. The number of carbonyl (C=O) groups excluding carboxylic acids is 8. The van der Waals surface area contributed by atoms with Gasteiger partial charge in [0.1, 0.15) is 23.0 Å². The van der Waals surface area contributed by atoms with E-state index in [4.69, 9.17) is 9.47 Å². The molecule has 4 rings (SSSR count). The highest BCUT2D eigenvalue weighted by Crippen LogP contribution is 2.35. The minimum atomic E-state index is -4.48. The normalized spacial score (nSPS) is 18.7. The quantitative estimate of drug-likeness (QED) is 0.380. The van der Waals surface area contributed by atoms with Gasteiger partial charge in [0, 0.05) is 22.3 Å². The number of hydrogen-bond acceptors (Lipinski definition) is 12. The number of ether oxygens (including phenoxy) is 2. The molecule has 2 amide bonds. The van der Waals surface area contributed by atoms with Crippen LogP contribution in [-0.2, 0) is 28.9 Å². The van der Waals surface area contributed by atoms with E-state index < -0.39 is 102 Å². The topological polar surface area (TPSA) is 213 Å². The molecular weight excluding hydrogens is 660 g/mol. The highest BCUT2D eigenvalue weighted by molar-refractivity contribution is 7.91. The van der Waals surface area contributed by atoms with Crippen LogP contribution in [0.4, 0.5) is 9.59 Å². The predicted octanol–water partition coefficient (Wildman–Crippen LogP) is 3.47. The van der Waals surface area contributed by atoms with Gasteiger partial charge < -0.3 is 20.1 Å². The molecule has 49 heavy (non-hydrogen) atoms. The van der Waals surface area contributed by atoms with Gasteiger partial charge >= 0.3 is 12.2 Å². The Balaban J connectivity index is 1.56. The van der Waals surface area contributed by atoms with Crippen molar-refractivity contribution in [2.45, 2.75) is 88.5 Å². The van der Waals surface area contributed by atoms with Gasteiger partial charge in [0.05, 0.1) is 21.9 Å². The van der Waals surface area contributed by atoms with Crippen LogP contribution in [0, 0.1) is 11.8 Å². The van der Waals surface area contributed by atoms with Gasteiger partial charge in [0.25, 0.3) is 0 Å². The number of ketones is 6. The van der Waals surface area contributed by atoms with Crippen molar-refractivity contribution in [3.05, 3.63) is 58.7 Å². The zero-order valence-corrected chi connectivity index (χ0v) is 28.9. The molecular formula is C34H36N2O12S. The monoisotopic (exact) mass is 696 g/mol. The van der Waals surface area contributed by atoms with Gasteiger partial charge in [-0.25, -0.2) is 18.0 Å². The number of hydrogen-bond donors (Lipinski definition) is 2. The first-order valence-corrected chi connectivity index (χ1v) is 16.7. The van der Waals surface area contributed by atoms with Crippen molar-refractivity contribution < 1.29 is 56.2 Å². The van der Waals surface area contributed by atoms with Crippen molar-refractivity contribution in [1.29, 1.82) is 0 Å². The number of alkyl carbamates (subject to hydrolysis) is 2. The van der Waals surface area contributed by atoms with Crippen LogP contribution in [0.25, 0.3) is 0 Å². The van der Waals surface area contributed by atoms with E-state index in [0.29, 0.717) is 0 Å². The number of Topliss-reactive ketones (excluding diaryl/α,β-unsaturated/α-hetero) is 6. The first kappa shape index (κ1) is 36.8. The van der Waals surface area contributed by atoms with E-state index in [0.717, 1.165) is 36.4 Å². The summed E-state index contributed by atoms with van der Waals surface area (Å²) in [6, 6.07) is 3.62. The van der Waals surface area contributed by atoms with Crippen molar-refractivity contribution in [2.75, 3.05) is 0 Å². The highest BCUT2D eigenvalue weighted by Gasteiger charge is 2.47. The number of sulfone groups is 1. The third-order valence-electron chi connectivity index (χ3n) is 7.60. The Morgan fingerprint density at radius 3 is 1.20 bits per heavy atom. The molecule has 0 saturated carbocycles. The minimum absolute atomic E-state index is 0.183. The molecule has 14 nitrogen and oxygen atoms in total. The smallest absolute Gasteiger partial charge is 0.408 e. The number of nitrogens with one attached hydrogen (secondary N) is 2. The third kappa shape index (κ3) is 7.36. The summed E-state index contributed by atoms with van der Waals surface area (Å²) in [5, 5.41) is 4.58. The molecule has 2 aromatic carbocycles. The van der Waals surface area contributed by atoms with Crippen molar-refractivity contribution in [3.63, 3.8) is 0 Å². The maximum Gasteiger partial charge on any atom is 0.408 e. The third-order valence-corrected chi connectivity index (χ3v) is 9.35. The van der Waals surface area contributed by atoms with E-state index in [-0.39, 0.29) is 22.3 Å². The van der Waals surface area contributed by atoms with Crippen molar-refractivity contribution >= 4 is 56.7 Å². The Morgan fingerprint density at radius 2 is 0.898 bits per heavy atom. The molecule has 0 bridgehead atoms. The summed E-state index contributed by atoms with van der Waals surface area (Å²) in [5.74, 6) is -9.09. The fourth-order valence-electron chi connectivity index (χ4n) is 5.34. The fraction of sp³-hybridized carbons (Fsp3) is 0.412. The number of amides is 2. The molecule has 0 aliphatic heterocycles. The molecule has 2 aromatic rings. The summed E-state index contributed by atoms with van der Waals surface area (Å²) < 4.78 is 37.6. The van der Waals surface area contributed by atoms with Gasteiger partial charge in [-0.15, -0.1) is 0 Å². The van der Waals surface area contributed by atoms with Crippen LogP contribution in [0.15, 0.2) is 46.2 Å². The summed E-state index contributed by atoms with van der Waals surface area (Å²) in [6.45, 7) is 12.2. The number of fused-ring (bicyclic) bond motifs is 2. The average Bonchev–Trinajstić information content (AvgIpc) is 3.37. The second-order valence-electron chi connectivity index (χ2n) is 13.8. The summed E-state index contributed by atoms with van der Waals surface area (Å²) >= 11 is 0. The SMILES string of the molecule is C[C@H](NC(=O)OC(C)(C)C)C(=O)C1C(=O)c2ccc(S(=O)(=O)c3ccc4c(c3)C(=O)C(C(=O)[C@H](C)NC(=O)OC(C)(C)C)C4=O)cc2C1=O. The highest BCUT2D eigenvalue weighted by atomic mass is 32.2. The Labute approximate surface area is 282 Å². The first-order chi connectivity index (χ1) is 22.4. The molecule has 2 N–H and O–H groups in total. The van der Waals surface area contributed by atoms with Crippen LogP contribution in [-0.4, -0.2) is 78.6 Å². The molecule has 15 heteroatoms. The Bertz CT molecular complexity index is 1820. The molecule has 0 heterocycles. The van der Waals surface area contributed by atoms with Gasteiger partial charge in [-0.05, 0) is 91.8 Å². The second-order valence-corrected chi connectivity index (χ2v) is 15.7.